The minimum Gasteiger partial charge on any atom is -0.384 e. The fourth-order valence-electron chi connectivity index (χ4n) is 1.68. The molecule has 1 saturated carbocycles. The lowest BCUT2D eigenvalue weighted by Gasteiger charge is -2.20. The minimum absolute atomic E-state index is 0.0199. The Hall–Kier alpha value is -1.29. The molecule has 2 rings (SSSR count). The standard InChI is InChI=1S/C11H15ClN4/c1-16(6-7-2-3-7)11-9(12)8(10(13)14)4-5-15-11/h4-5,7H,2-3,6H2,1H3,(H3,13,14). The maximum Gasteiger partial charge on any atom is 0.147 e. The maximum absolute atomic E-state index is 7.41. The van der Waals surface area contributed by atoms with E-state index in [1.54, 1.807) is 12.3 Å². The van der Waals surface area contributed by atoms with E-state index in [1.807, 2.05) is 11.9 Å². The highest BCUT2D eigenvalue weighted by Gasteiger charge is 2.24. The van der Waals surface area contributed by atoms with Crippen molar-refractivity contribution in [2.24, 2.45) is 11.7 Å². The minimum atomic E-state index is -0.0199. The molecule has 0 amide bonds. The lowest BCUT2D eigenvalue weighted by atomic mass is 10.2. The molecule has 86 valence electrons. The van der Waals surface area contributed by atoms with Crippen molar-refractivity contribution in [1.29, 1.82) is 5.41 Å². The molecule has 0 radical (unpaired) electrons. The van der Waals surface area contributed by atoms with Gasteiger partial charge in [0.05, 0.1) is 5.02 Å². The van der Waals surface area contributed by atoms with Gasteiger partial charge in [-0.3, -0.25) is 5.41 Å². The molecule has 0 spiro atoms. The van der Waals surface area contributed by atoms with Crippen LogP contribution in [0.1, 0.15) is 18.4 Å². The smallest absolute Gasteiger partial charge is 0.147 e. The summed E-state index contributed by atoms with van der Waals surface area (Å²) < 4.78 is 0. The van der Waals surface area contributed by atoms with Crippen LogP contribution in [0.3, 0.4) is 0 Å². The summed E-state index contributed by atoms with van der Waals surface area (Å²) in [4.78, 5) is 6.28. The molecule has 1 aromatic rings. The first kappa shape index (κ1) is 11.2. The highest BCUT2D eigenvalue weighted by molar-refractivity contribution is 6.36. The average Bonchev–Trinajstić information content (AvgIpc) is 3.01. The van der Waals surface area contributed by atoms with E-state index in [2.05, 4.69) is 4.98 Å². The number of aromatic nitrogens is 1. The Morgan fingerprint density at radius 1 is 1.69 bits per heavy atom. The van der Waals surface area contributed by atoms with Crippen molar-refractivity contribution >= 4 is 23.3 Å². The largest absolute Gasteiger partial charge is 0.384 e. The number of hydrogen-bond acceptors (Lipinski definition) is 3. The Bertz CT molecular complexity index is 414. The molecule has 0 aliphatic heterocycles. The summed E-state index contributed by atoms with van der Waals surface area (Å²) in [5, 5.41) is 7.89. The van der Waals surface area contributed by atoms with Crippen LogP contribution < -0.4 is 10.6 Å². The van der Waals surface area contributed by atoms with E-state index in [1.165, 1.54) is 12.8 Å². The van der Waals surface area contributed by atoms with Crippen LogP contribution in [-0.4, -0.2) is 24.4 Å². The molecule has 1 aliphatic carbocycles. The van der Waals surface area contributed by atoms with Crippen molar-refractivity contribution in [2.45, 2.75) is 12.8 Å². The average molecular weight is 239 g/mol. The lowest BCUT2D eigenvalue weighted by molar-refractivity contribution is 0.777. The zero-order valence-electron chi connectivity index (χ0n) is 9.20. The SMILES string of the molecule is CN(CC1CC1)c1nccc(C(=N)N)c1Cl. The molecule has 16 heavy (non-hydrogen) atoms. The molecule has 0 bridgehead atoms. The maximum atomic E-state index is 7.41. The van der Waals surface area contributed by atoms with E-state index in [4.69, 9.17) is 22.7 Å². The van der Waals surface area contributed by atoms with Gasteiger partial charge in [0.25, 0.3) is 0 Å². The van der Waals surface area contributed by atoms with Crippen molar-refractivity contribution in [1.82, 2.24) is 4.98 Å². The Morgan fingerprint density at radius 3 is 2.94 bits per heavy atom. The summed E-state index contributed by atoms with van der Waals surface area (Å²) in [7, 11) is 1.97. The molecule has 4 nitrogen and oxygen atoms in total. The van der Waals surface area contributed by atoms with Gasteiger partial charge in [-0.15, -0.1) is 0 Å². The van der Waals surface area contributed by atoms with Gasteiger partial charge in [0.1, 0.15) is 11.7 Å². The zero-order chi connectivity index (χ0) is 11.7. The number of rotatable bonds is 4. The number of anilines is 1. The molecule has 0 aromatic carbocycles. The van der Waals surface area contributed by atoms with E-state index in [9.17, 15) is 0 Å². The highest BCUT2D eigenvalue weighted by Crippen LogP contribution is 2.32. The van der Waals surface area contributed by atoms with Gasteiger partial charge in [-0.1, -0.05) is 11.6 Å². The third-order valence-corrected chi connectivity index (χ3v) is 3.12. The Labute approximate surface area is 99.9 Å². The Kier molecular flexibility index (Phi) is 3.01. The van der Waals surface area contributed by atoms with E-state index < -0.39 is 0 Å². The van der Waals surface area contributed by atoms with Crippen molar-refractivity contribution in [3.63, 3.8) is 0 Å². The summed E-state index contributed by atoms with van der Waals surface area (Å²) in [6, 6.07) is 1.67. The number of nitrogens with zero attached hydrogens (tertiary/aromatic N) is 2. The van der Waals surface area contributed by atoms with Gasteiger partial charge in [0.2, 0.25) is 0 Å². The van der Waals surface area contributed by atoms with Crippen molar-refractivity contribution in [2.75, 3.05) is 18.5 Å². The number of hydrogen-bond donors (Lipinski definition) is 2. The molecular formula is C11H15ClN4. The molecule has 1 heterocycles. The molecule has 0 unspecified atom stereocenters. The molecule has 0 atom stereocenters. The predicted octanol–water partition coefficient (Wildman–Crippen LogP) is 1.87. The second-order valence-electron chi connectivity index (χ2n) is 4.23. The summed E-state index contributed by atoms with van der Waals surface area (Å²) >= 11 is 6.18. The first-order valence-electron chi connectivity index (χ1n) is 5.29. The molecule has 3 N–H and O–H groups in total. The molecule has 5 heteroatoms. The van der Waals surface area contributed by atoms with Crippen LogP contribution >= 0.6 is 11.6 Å². The topological polar surface area (TPSA) is 66.0 Å². The van der Waals surface area contributed by atoms with Crippen LogP contribution in [0.15, 0.2) is 12.3 Å². The van der Waals surface area contributed by atoms with Gasteiger partial charge in [0, 0.05) is 25.4 Å². The van der Waals surface area contributed by atoms with Crippen LogP contribution in [0.2, 0.25) is 5.02 Å². The molecule has 0 saturated heterocycles. The number of nitrogens with two attached hydrogens (primary N) is 1. The van der Waals surface area contributed by atoms with Gasteiger partial charge in [0.15, 0.2) is 0 Å². The van der Waals surface area contributed by atoms with Crippen LogP contribution in [-0.2, 0) is 0 Å². The zero-order valence-corrected chi connectivity index (χ0v) is 9.96. The third-order valence-electron chi connectivity index (χ3n) is 2.75. The van der Waals surface area contributed by atoms with Gasteiger partial charge in [-0.25, -0.2) is 4.98 Å². The van der Waals surface area contributed by atoms with Gasteiger partial charge in [-0.2, -0.15) is 0 Å². The number of nitrogen functional groups attached to an aromatic ring is 1. The number of nitrogens with one attached hydrogen (secondary N) is 1. The second kappa shape index (κ2) is 4.29. The van der Waals surface area contributed by atoms with E-state index in [0.29, 0.717) is 16.4 Å². The number of amidine groups is 1. The number of halogens is 1. The lowest BCUT2D eigenvalue weighted by Crippen LogP contribution is -2.22. The molecule has 1 fully saturated rings. The highest BCUT2D eigenvalue weighted by atomic mass is 35.5. The molecular weight excluding hydrogens is 224 g/mol. The van der Waals surface area contributed by atoms with Crippen LogP contribution in [0.5, 0.6) is 0 Å². The van der Waals surface area contributed by atoms with Gasteiger partial charge >= 0.3 is 0 Å². The quantitative estimate of drug-likeness (QED) is 0.622. The fraction of sp³-hybridized carbons (Fsp3) is 0.455. The van der Waals surface area contributed by atoms with Crippen molar-refractivity contribution < 1.29 is 0 Å². The van der Waals surface area contributed by atoms with Crippen LogP contribution in [0.4, 0.5) is 5.82 Å². The van der Waals surface area contributed by atoms with Crippen LogP contribution in [0, 0.1) is 11.3 Å². The summed E-state index contributed by atoms with van der Waals surface area (Å²) in [6.07, 6.45) is 4.21. The summed E-state index contributed by atoms with van der Waals surface area (Å²) in [5.41, 5.74) is 6.00. The van der Waals surface area contributed by atoms with E-state index in [-0.39, 0.29) is 5.84 Å². The normalized spacial score (nSPS) is 14.9. The second-order valence-corrected chi connectivity index (χ2v) is 4.61. The van der Waals surface area contributed by atoms with E-state index >= 15 is 0 Å². The van der Waals surface area contributed by atoms with Crippen LogP contribution in [0.25, 0.3) is 0 Å². The summed E-state index contributed by atoms with van der Waals surface area (Å²) in [5.74, 6) is 1.46. The first-order chi connectivity index (χ1) is 7.59. The Balaban J connectivity index is 2.25. The molecule has 1 aromatic heterocycles. The fourth-order valence-corrected chi connectivity index (χ4v) is 2.04. The van der Waals surface area contributed by atoms with Crippen molar-refractivity contribution in [3.8, 4) is 0 Å². The van der Waals surface area contributed by atoms with E-state index in [0.717, 1.165) is 12.5 Å². The van der Waals surface area contributed by atoms with Gasteiger partial charge < -0.3 is 10.6 Å². The summed E-state index contributed by atoms with van der Waals surface area (Å²) in [6.45, 7) is 0.966. The Morgan fingerprint density at radius 2 is 2.38 bits per heavy atom. The predicted molar refractivity (Wildman–Crippen MR) is 66.3 cm³/mol. The monoisotopic (exact) mass is 238 g/mol. The first-order valence-corrected chi connectivity index (χ1v) is 5.67. The molecule has 1 aliphatic rings. The van der Waals surface area contributed by atoms with Crippen molar-refractivity contribution in [3.05, 3.63) is 22.8 Å². The third kappa shape index (κ3) is 2.27. The number of pyridine rings is 1. The van der Waals surface area contributed by atoms with Gasteiger partial charge in [-0.05, 0) is 24.8 Å².